The summed E-state index contributed by atoms with van der Waals surface area (Å²) in [6.45, 7) is 4.42. The van der Waals surface area contributed by atoms with Crippen LogP contribution in [0.4, 0.5) is 0 Å². The molecule has 0 spiro atoms. The number of benzene rings is 1. The zero-order valence-corrected chi connectivity index (χ0v) is 16.4. The number of rotatable bonds is 8. The first-order valence-corrected chi connectivity index (χ1v) is 10.9. The summed E-state index contributed by atoms with van der Waals surface area (Å²) >= 11 is 0. The van der Waals surface area contributed by atoms with Gasteiger partial charge in [-0.1, -0.05) is 37.3 Å². The Labute approximate surface area is 160 Å². The second-order valence-corrected chi connectivity index (χ2v) is 8.91. The molecule has 0 atom stereocenters. The van der Waals surface area contributed by atoms with Crippen LogP contribution in [0.5, 0.6) is 0 Å². The second kappa shape index (κ2) is 8.67. The van der Waals surface area contributed by atoms with Crippen LogP contribution in [0.25, 0.3) is 0 Å². The molecule has 1 amide bonds. The predicted molar refractivity (Wildman–Crippen MR) is 103 cm³/mol. The van der Waals surface area contributed by atoms with E-state index in [2.05, 4.69) is 22.4 Å². The molecule has 1 saturated heterocycles. The summed E-state index contributed by atoms with van der Waals surface area (Å²) in [4.78, 5) is 17.9. The summed E-state index contributed by atoms with van der Waals surface area (Å²) in [5, 5.41) is 2.94. The third-order valence-corrected chi connectivity index (χ3v) is 6.40. The fourth-order valence-electron chi connectivity index (χ4n) is 3.28. The molecule has 2 heterocycles. The van der Waals surface area contributed by atoms with E-state index in [1.165, 1.54) is 5.56 Å². The highest BCUT2D eigenvalue weighted by Crippen LogP contribution is 2.17. The van der Waals surface area contributed by atoms with Crippen molar-refractivity contribution in [1.29, 1.82) is 0 Å². The van der Waals surface area contributed by atoms with Crippen LogP contribution in [0.15, 0.2) is 41.7 Å². The van der Waals surface area contributed by atoms with E-state index in [-0.39, 0.29) is 16.8 Å². The van der Waals surface area contributed by atoms with Crippen LogP contribution < -0.4 is 5.32 Å². The van der Waals surface area contributed by atoms with E-state index in [9.17, 15) is 13.2 Å². The lowest BCUT2D eigenvalue weighted by Crippen LogP contribution is -2.47. The summed E-state index contributed by atoms with van der Waals surface area (Å²) in [5.74, 6) is 0.0200. The number of hydrogen-bond acceptors (Lipinski definition) is 5. The number of nitrogens with one attached hydrogen (secondary N) is 1. The number of hydrogen-bond donors (Lipinski definition) is 1. The van der Waals surface area contributed by atoms with Gasteiger partial charge in [0.15, 0.2) is 0 Å². The van der Waals surface area contributed by atoms with Crippen molar-refractivity contribution in [2.24, 2.45) is 0 Å². The van der Waals surface area contributed by atoms with Crippen molar-refractivity contribution in [2.45, 2.75) is 38.0 Å². The maximum Gasteiger partial charge on any atom is 0.234 e. The molecule has 0 saturated carbocycles. The molecule has 2 aromatic rings. The highest BCUT2D eigenvalue weighted by atomic mass is 32.2. The molecule has 0 unspecified atom stereocenters. The highest BCUT2D eigenvalue weighted by molar-refractivity contribution is 7.91. The van der Waals surface area contributed by atoms with Crippen molar-refractivity contribution in [1.82, 2.24) is 19.8 Å². The Morgan fingerprint density at radius 3 is 2.70 bits per heavy atom. The van der Waals surface area contributed by atoms with Crippen LogP contribution in [-0.4, -0.2) is 54.2 Å². The molecule has 1 fully saturated rings. The van der Waals surface area contributed by atoms with E-state index >= 15 is 0 Å². The average molecular weight is 391 g/mol. The first-order chi connectivity index (χ1) is 13.0. The number of carbonyl (C=O) groups excluding carboxylic acids is 1. The van der Waals surface area contributed by atoms with Crippen LogP contribution >= 0.6 is 0 Å². The number of amides is 1. The maximum absolute atomic E-state index is 12.5. The highest BCUT2D eigenvalue weighted by Gasteiger charge is 2.24. The van der Waals surface area contributed by atoms with Gasteiger partial charge in [-0.15, -0.1) is 0 Å². The van der Waals surface area contributed by atoms with Gasteiger partial charge in [0.1, 0.15) is 0 Å². The molecular formula is C19H26N4O3S. The summed E-state index contributed by atoms with van der Waals surface area (Å²) in [7, 11) is -3.40. The molecular weight excluding hydrogens is 364 g/mol. The Bertz CT molecular complexity index is 878. The van der Waals surface area contributed by atoms with Gasteiger partial charge in [-0.2, -0.15) is 0 Å². The minimum Gasteiger partial charge on any atom is -0.354 e. The van der Waals surface area contributed by atoms with Gasteiger partial charge in [-0.3, -0.25) is 9.69 Å². The normalized spacial score (nSPS) is 15.7. The quantitative estimate of drug-likeness (QED) is 0.733. The van der Waals surface area contributed by atoms with Gasteiger partial charge < -0.3 is 9.88 Å². The number of aryl methyl sites for hydroxylation is 1. The van der Waals surface area contributed by atoms with E-state index in [0.29, 0.717) is 26.2 Å². The molecule has 1 N–H and O–H groups in total. The average Bonchev–Trinajstić information content (AvgIpc) is 3.06. The topological polar surface area (TPSA) is 84.3 Å². The molecule has 0 aliphatic carbocycles. The molecule has 7 nitrogen and oxygen atoms in total. The monoisotopic (exact) mass is 390 g/mol. The third kappa shape index (κ3) is 4.95. The number of carbonyl (C=O) groups is 1. The fraction of sp³-hybridized carbons (Fsp3) is 0.474. The Morgan fingerprint density at radius 1 is 1.22 bits per heavy atom. The standard InChI is InChI=1S/C19H26N4O3S/c1-2-27(25,26)19-21-13-17(14-22-12-10-20-18(24)15-22)23(19)11-6-9-16-7-4-3-5-8-16/h3-5,7-8,13H,2,6,9-12,14-15H2,1H3,(H,20,24). The van der Waals surface area contributed by atoms with Gasteiger partial charge in [0.25, 0.3) is 0 Å². The van der Waals surface area contributed by atoms with Crippen molar-refractivity contribution < 1.29 is 13.2 Å². The van der Waals surface area contributed by atoms with E-state index in [4.69, 9.17) is 0 Å². The molecule has 27 heavy (non-hydrogen) atoms. The number of aromatic nitrogens is 2. The molecule has 1 aliphatic rings. The fourth-order valence-corrected chi connectivity index (χ4v) is 4.29. The minimum absolute atomic E-state index is 0.00204. The first kappa shape index (κ1) is 19.6. The van der Waals surface area contributed by atoms with E-state index in [1.54, 1.807) is 13.1 Å². The van der Waals surface area contributed by atoms with E-state index < -0.39 is 9.84 Å². The third-order valence-electron chi connectivity index (χ3n) is 4.75. The van der Waals surface area contributed by atoms with E-state index in [0.717, 1.165) is 25.1 Å². The van der Waals surface area contributed by atoms with Crippen molar-refractivity contribution in [2.75, 3.05) is 25.4 Å². The largest absolute Gasteiger partial charge is 0.354 e. The van der Waals surface area contributed by atoms with Crippen molar-refractivity contribution >= 4 is 15.7 Å². The van der Waals surface area contributed by atoms with E-state index in [1.807, 2.05) is 27.7 Å². The molecule has 1 aromatic carbocycles. The van der Waals surface area contributed by atoms with Crippen LogP contribution in [-0.2, 0) is 34.1 Å². The summed E-state index contributed by atoms with van der Waals surface area (Å²) < 4.78 is 26.7. The number of piperazine rings is 1. The lowest BCUT2D eigenvalue weighted by molar-refractivity contribution is -0.124. The van der Waals surface area contributed by atoms with Crippen molar-refractivity contribution in [3.05, 3.63) is 47.8 Å². The zero-order chi connectivity index (χ0) is 19.3. The van der Waals surface area contributed by atoms with Crippen LogP contribution in [0.1, 0.15) is 24.6 Å². The Balaban J connectivity index is 1.77. The van der Waals surface area contributed by atoms with Gasteiger partial charge in [0, 0.05) is 26.2 Å². The smallest absolute Gasteiger partial charge is 0.234 e. The van der Waals surface area contributed by atoms with Crippen LogP contribution in [0.2, 0.25) is 0 Å². The molecule has 146 valence electrons. The molecule has 8 heteroatoms. The molecule has 0 radical (unpaired) electrons. The molecule has 3 rings (SSSR count). The Hall–Kier alpha value is -2.19. The van der Waals surface area contributed by atoms with Crippen molar-refractivity contribution in [3.8, 4) is 0 Å². The molecule has 1 aliphatic heterocycles. The maximum atomic E-state index is 12.5. The molecule has 1 aromatic heterocycles. The van der Waals surface area contributed by atoms with Crippen LogP contribution in [0.3, 0.4) is 0 Å². The van der Waals surface area contributed by atoms with Crippen molar-refractivity contribution in [3.63, 3.8) is 0 Å². The first-order valence-electron chi connectivity index (χ1n) is 9.29. The summed E-state index contributed by atoms with van der Waals surface area (Å²) in [6.07, 6.45) is 3.33. The zero-order valence-electron chi connectivity index (χ0n) is 15.6. The van der Waals surface area contributed by atoms with Gasteiger partial charge in [0.2, 0.25) is 20.9 Å². The minimum atomic E-state index is -3.40. The number of sulfone groups is 1. The lowest BCUT2D eigenvalue weighted by atomic mass is 10.1. The number of nitrogens with zero attached hydrogens (tertiary/aromatic N) is 3. The second-order valence-electron chi connectivity index (χ2n) is 6.74. The SMILES string of the molecule is CCS(=O)(=O)c1ncc(CN2CCNC(=O)C2)n1CCCc1ccccc1. The van der Waals surface area contributed by atoms with Gasteiger partial charge in [-0.05, 0) is 18.4 Å². The number of imidazole rings is 1. The van der Waals surface area contributed by atoms with Gasteiger partial charge >= 0.3 is 0 Å². The summed E-state index contributed by atoms with van der Waals surface area (Å²) in [6, 6.07) is 10.1. The predicted octanol–water partition coefficient (Wildman–Crippen LogP) is 1.24. The van der Waals surface area contributed by atoms with Gasteiger partial charge in [0.05, 0.1) is 24.2 Å². The van der Waals surface area contributed by atoms with Crippen LogP contribution in [0, 0.1) is 0 Å². The Morgan fingerprint density at radius 2 is 2.00 bits per heavy atom. The molecule has 0 bridgehead atoms. The Kier molecular flexibility index (Phi) is 6.28. The van der Waals surface area contributed by atoms with Gasteiger partial charge in [-0.25, -0.2) is 13.4 Å². The lowest BCUT2D eigenvalue weighted by Gasteiger charge is -2.26. The summed E-state index contributed by atoms with van der Waals surface area (Å²) in [5.41, 5.74) is 2.07.